The molecule has 0 bridgehead atoms. The number of benzene rings is 1. The van der Waals surface area contributed by atoms with Gasteiger partial charge in [-0.15, -0.1) is 10.2 Å². The third-order valence-corrected chi connectivity index (χ3v) is 6.71. The number of rotatable bonds is 6. The van der Waals surface area contributed by atoms with Gasteiger partial charge in [-0.25, -0.2) is 17.2 Å². The normalized spacial score (nSPS) is 15.6. The highest BCUT2D eigenvalue weighted by Crippen LogP contribution is 2.23. The van der Waals surface area contributed by atoms with Crippen LogP contribution >= 0.6 is 0 Å². The number of piperazine rings is 1. The lowest BCUT2D eigenvalue weighted by Gasteiger charge is -2.34. The topological polar surface area (TPSA) is 69.6 Å². The number of nitrogens with zero attached hydrogens (tertiary/aromatic N) is 5. The number of aromatic nitrogens is 2. The summed E-state index contributed by atoms with van der Waals surface area (Å²) in [6.07, 6.45) is 0. The average Bonchev–Trinajstić information content (AvgIpc) is 2.71. The highest BCUT2D eigenvalue weighted by atomic mass is 32.2. The monoisotopic (exact) mass is 411 g/mol. The lowest BCUT2D eigenvalue weighted by Crippen LogP contribution is -2.49. The summed E-state index contributed by atoms with van der Waals surface area (Å²) in [7, 11) is -4.10. The van der Waals surface area contributed by atoms with Crippen LogP contribution in [0.25, 0.3) is 0 Å². The molecule has 0 atom stereocenters. The van der Waals surface area contributed by atoms with Gasteiger partial charge in [-0.3, -0.25) is 0 Å². The molecule has 1 aliphatic heterocycles. The van der Waals surface area contributed by atoms with Crippen molar-refractivity contribution < 1.29 is 17.2 Å². The fourth-order valence-corrected chi connectivity index (χ4v) is 4.67. The zero-order chi connectivity index (χ0) is 20.3. The van der Waals surface area contributed by atoms with E-state index >= 15 is 0 Å². The third kappa shape index (κ3) is 4.07. The van der Waals surface area contributed by atoms with Crippen LogP contribution in [0.5, 0.6) is 0 Å². The second-order valence-electron chi connectivity index (χ2n) is 6.39. The summed E-state index contributed by atoms with van der Waals surface area (Å²) in [6.45, 7) is 6.82. The van der Waals surface area contributed by atoms with Crippen molar-refractivity contribution in [3.05, 3.63) is 42.0 Å². The first-order chi connectivity index (χ1) is 13.4. The molecule has 0 radical (unpaired) electrons. The van der Waals surface area contributed by atoms with E-state index in [0.29, 0.717) is 25.0 Å². The lowest BCUT2D eigenvalue weighted by molar-refractivity contribution is 0.380. The van der Waals surface area contributed by atoms with E-state index in [0.717, 1.165) is 31.0 Å². The van der Waals surface area contributed by atoms with Crippen LogP contribution in [0.3, 0.4) is 0 Å². The minimum atomic E-state index is -4.10. The Morgan fingerprint density at radius 2 is 1.68 bits per heavy atom. The van der Waals surface area contributed by atoms with E-state index in [9.17, 15) is 17.2 Å². The van der Waals surface area contributed by atoms with Crippen LogP contribution in [0, 0.1) is 11.6 Å². The molecule has 2 heterocycles. The Labute approximate surface area is 163 Å². The van der Waals surface area contributed by atoms with E-state index in [2.05, 4.69) is 15.1 Å². The maximum absolute atomic E-state index is 13.9. The van der Waals surface area contributed by atoms with Crippen LogP contribution in [-0.4, -0.2) is 62.2 Å². The van der Waals surface area contributed by atoms with Crippen molar-refractivity contribution >= 4 is 21.7 Å². The molecular weight excluding hydrogens is 388 g/mol. The SMILES string of the molecule is CCN(CC)c1ccc(N2CCN(S(=O)(=O)c3cc(F)ccc3F)CC2)nn1. The van der Waals surface area contributed by atoms with Crippen molar-refractivity contribution in [2.45, 2.75) is 18.7 Å². The molecule has 3 rings (SSSR count). The molecule has 7 nitrogen and oxygen atoms in total. The van der Waals surface area contributed by atoms with Gasteiger partial charge >= 0.3 is 0 Å². The summed E-state index contributed by atoms with van der Waals surface area (Å²) in [5.41, 5.74) is 0. The maximum atomic E-state index is 13.9. The fourth-order valence-electron chi connectivity index (χ4n) is 3.17. The predicted molar refractivity (Wildman–Crippen MR) is 103 cm³/mol. The van der Waals surface area contributed by atoms with Gasteiger partial charge in [0, 0.05) is 39.3 Å². The van der Waals surface area contributed by atoms with E-state index in [1.807, 2.05) is 30.9 Å². The molecule has 1 fully saturated rings. The highest BCUT2D eigenvalue weighted by Gasteiger charge is 2.31. The first-order valence-electron chi connectivity index (χ1n) is 9.15. The van der Waals surface area contributed by atoms with Crippen LogP contribution in [-0.2, 0) is 10.0 Å². The van der Waals surface area contributed by atoms with Gasteiger partial charge in [0.2, 0.25) is 10.0 Å². The molecule has 1 aromatic carbocycles. The Morgan fingerprint density at radius 3 is 2.25 bits per heavy atom. The zero-order valence-electron chi connectivity index (χ0n) is 15.8. The smallest absolute Gasteiger partial charge is 0.246 e. The van der Waals surface area contributed by atoms with Crippen molar-refractivity contribution in [1.82, 2.24) is 14.5 Å². The molecule has 0 spiro atoms. The Balaban J connectivity index is 1.69. The Morgan fingerprint density at radius 1 is 1.00 bits per heavy atom. The minimum Gasteiger partial charge on any atom is -0.356 e. The number of hydrogen-bond donors (Lipinski definition) is 0. The van der Waals surface area contributed by atoms with Crippen LogP contribution in [0.15, 0.2) is 35.2 Å². The van der Waals surface area contributed by atoms with E-state index in [4.69, 9.17) is 0 Å². The molecule has 0 amide bonds. The number of halogens is 2. The Hall–Kier alpha value is -2.33. The van der Waals surface area contributed by atoms with E-state index in [1.54, 1.807) is 0 Å². The molecule has 28 heavy (non-hydrogen) atoms. The molecular formula is C18H23F2N5O2S. The standard InChI is InChI=1S/C18H23F2N5O2S/c1-3-23(4-2)17-7-8-18(22-21-17)24-9-11-25(12-10-24)28(26,27)16-13-14(19)5-6-15(16)20/h5-8,13H,3-4,9-12H2,1-2H3. The summed E-state index contributed by atoms with van der Waals surface area (Å²) in [5.74, 6) is -0.301. The van der Waals surface area contributed by atoms with Gasteiger partial charge in [-0.2, -0.15) is 4.31 Å². The molecule has 152 valence electrons. The van der Waals surface area contributed by atoms with Crippen molar-refractivity contribution in [1.29, 1.82) is 0 Å². The first-order valence-corrected chi connectivity index (χ1v) is 10.6. The molecule has 10 heteroatoms. The molecule has 0 N–H and O–H groups in total. The predicted octanol–water partition coefficient (Wildman–Crippen LogP) is 2.11. The van der Waals surface area contributed by atoms with Crippen LogP contribution < -0.4 is 9.80 Å². The molecule has 1 aliphatic rings. The van der Waals surface area contributed by atoms with Gasteiger partial charge < -0.3 is 9.80 Å². The maximum Gasteiger partial charge on any atom is 0.246 e. The van der Waals surface area contributed by atoms with Crippen LogP contribution in [0.4, 0.5) is 20.4 Å². The largest absolute Gasteiger partial charge is 0.356 e. The summed E-state index contributed by atoms with van der Waals surface area (Å²) < 4.78 is 53.8. The second kappa shape index (κ2) is 8.36. The zero-order valence-corrected chi connectivity index (χ0v) is 16.7. The van der Waals surface area contributed by atoms with Gasteiger partial charge in [0.1, 0.15) is 16.5 Å². The summed E-state index contributed by atoms with van der Waals surface area (Å²) in [6, 6.07) is 6.18. The Bertz CT molecular complexity index is 912. The third-order valence-electron chi connectivity index (χ3n) is 4.80. The molecule has 0 saturated carbocycles. The van der Waals surface area contributed by atoms with Gasteiger partial charge in [0.15, 0.2) is 11.6 Å². The molecule has 0 unspecified atom stereocenters. The second-order valence-corrected chi connectivity index (χ2v) is 8.29. The average molecular weight is 411 g/mol. The number of hydrogen-bond acceptors (Lipinski definition) is 6. The van der Waals surface area contributed by atoms with E-state index < -0.39 is 26.6 Å². The quantitative estimate of drug-likeness (QED) is 0.725. The lowest BCUT2D eigenvalue weighted by atomic mass is 10.3. The first kappa shape index (κ1) is 20.4. The van der Waals surface area contributed by atoms with Crippen LogP contribution in [0.1, 0.15) is 13.8 Å². The number of anilines is 2. The van der Waals surface area contributed by atoms with Gasteiger partial charge in [0.05, 0.1) is 0 Å². The highest BCUT2D eigenvalue weighted by molar-refractivity contribution is 7.89. The minimum absolute atomic E-state index is 0.151. The summed E-state index contributed by atoms with van der Waals surface area (Å²) in [5, 5.41) is 8.49. The Kier molecular flexibility index (Phi) is 6.09. The van der Waals surface area contributed by atoms with Crippen molar-refractivity contribution in [2.24, 2.45) is 0 Å². The van der Waals surface area contributed by atoms with Gasteiger partial charge in [0.25, 0.3) is 0 Å². The van der Waals surface area contributed by atoms with Crippen molar-refractivity contribution in [3.8, 4) is 0 Å². The summed E-state index contributed by atoms with van der Waals surface area (Å²) in [4.78, 5) is 3.37. The van der Waals surface area contributed by atoms with E-state index in [-0.39, 0.29) is 13.1 Å². The fraction of sp³-hybridized carbons (Fsp3) is 0.444. The summed E-state index contributed by atoms with van der Waals surface area (Å²) >= 11 is 0. The van der Waals surface area contributed by atoms with Gasteiger partial charge in [-0.1, -0.05) is 0 Å². The molecule has 0 aliphatic carbocycles. The van der Waals surface area contributed by atoms with Crippen LogP contribution in [0.2, 0.25) is 0 Å². The molecule has 2 aromatic rings. The van der Waals surface area contributed by atoms with E-state index in [1.165, 1.54) is 4.31 Å². The van der Waals surface area contributed by atoms with Crippen molar-refractivity contribution in [2.75, 3.05) is 49.1 Å². The molecule has 1 aromatic heterocycles. The van der Waals surface area contributed by atoms with Gasteiger partial charge in [-0.05, 0) is 44.2 Å². The van der Waals surface area contributed by atoms with Crippen molar-refractivity contribution in [3.63, 3.8) is 0 Å². The molecule has 1 saturated heterocycles. The number of sulfonamides is 1.